The summed E-state index contributed by atoms with van der Waals surface area (Å²) in [6.07, 6.45) is 1.54. The van der Waals surface area contributed by atoms with Gasteiger partial charge in [0.2, 0.25) is 0 Å². The fourth-order valence-electron chi connectivity index (χ4n) is 0.706. The van der Waals surface area contributed by atoms with Crippen LogP contribution < -0.4 is 0 Å². The zero-order valence-corrected chi connectivity index (χ0v) is 5.35. The van der Waals surface area contributed by atoms with Crippen molar-refractivity contribution in [1.82, 2.24) is 4.98 Å². The number of hydrogen-bond acceptors (Lipinski definition) is 2. The van der Waals surface area contributed by atoms with Crippen molar-refractivity contribution in [2.45, 2.75) is 6.92 Å². The normalized spacial score (nSPS) is 9.40. The Hall–Kier alpha value is -1.32. The van der Waals surface area contributed by atoms with Gasteiger partial charge in [-0.2, -0.15) is 0 Å². The van der Waals surface area contributed by atoms with Gasteiger partial charge in [0.15, 0.2) is 0 Å². The first-order valence-electron chi connectivity index (χ1n) is 2.72. The summed E-state index contributed by atoms with van der Waals surface area (Å²) < 4.78 is 11.3. The number of H-pyrrole nitrogens is 1. The Balaban J connectivity index is 2.93. The molecule has 3 nitrogen and oxygen atoms in total. The topological polar surface area (TPSA) is 42.1 Å². The van der Waals surface area contributed by atoms with Gasteiger partial charge >= 0.3 is 5.97 Å². The molecule has 0 amide bonds. The van der Waals surface area contributed by atoms with Crippen LogP contribution in [0.15, 0.2) is 12.3 Å². The van der Waals surface area contributed by atoms with Gasteiger partial charge < -0.3 is 4.98 Å². The summed E-state index contributed by atoms with van der Waals surface area (Å²) in [4.78, 5) is 16.0. The number of carbonyl (C=O) groups excluding carboxylic acids is 1. The summed E-state index contributed by atoms with van der Waals surface area (Å²) in [6, 6.07) is 1.66. The predicted molar refractivity (Wildman–Crippen MR) is 32.1 cm³/mol. The minimum Gasteiger partial charge on any atom is -0.355 e. The van der Waals surface area contributed by atoms with Crippen molar-refractivity contribution in [1.29, 1.82) is 0 Å². The molecule has 1 aromatic heterocycles. The Morgan fingerprint density at radius 3 is 2.90 bits per heavy atom. The molecule has 0 aliphatic heterocycles. The highest BCUT2D eigenvalue weighted by Crippen LogP contribution is 2.05. The van der Waals surface area contributed by atoms with Crippen LogP contribution in [0.3, 0.4) is 0 Å². The molecule has 1 rings (SSSR count). The maximum absolute atomic E-state index is 11.3. The number of aromatic nitrogens is 1. The van der Waals surface area contributed by atoms with E-state index in [1.54, 1.807) is 19.2 Å². The van der Waals surface area contributed by atoms with Crippen LogP contribution >= 0.6 is 0 Å². The van der Waals surface area contributed by atoms with Crippen LogP contribution in [0.1, 0.15) is 16.1 Å². The quantitative estimate of drug-likeness (QED) is 0.645. The third kappa shape index (κ3) is 1.00. The van der Waals surface area contributed by atoms with Crippen LogP contribution in [0.4, 0.5) is 4.53 Å². The Kier molecular flexibility index (Phi) is 1.71. The lowest BCUT2D eigenvalue weighted by Crippen LogP contribution is -2.00. The minimum absolute atomic E-state index is 0.155. The van der Waals surface area contributed by atoms with Crippen molar-refractivity contribution < 1.29 is 14.3 Å². The van der Waals surface area contributed by atoms with Crippen LogP contribution in [-0.4, -0.2) is 11.0 Å². The van der Waals surface area contributed by atoms with Gasteiger partial charge in [0.1, 0.15) is 5.69 Å². The highest BCUT2D eigenvalue weighted by atomic mass is 19.3. The first-order valence-corrected chi connectivity index (χ1v) is 2.72. The van der Waals surface area contributed by atoms with E-state index >= 15 is 0 Å². The molecular weight excluding hydrogens is 137 g/mol. The van der Waals surface area contributed by atoms with Crippen LogP contribution in [0.5, 0.6) is 0 Å². The van der Waals surface area contributed by atoms with Gasteiger partial charge in [0, 0.05) is 10.7 Å². The third-order valence-electron chi connectivity index (χ3n) is 1.23. The maximum atomic E-state index is 11.3. The summed E-state index contributed by atoms with van der Waals surface area (Å²) in [5.74, 6) is -0.984. The molecule has 54 valence electrons. The van der Waals surface area contributed by atoms with Crippen molar-refractivity contribution in [3.05, 3.63) is 23.5 Å². The van der Waals surface area contributed by atoms with E-state index in [-0.39, 0.29) is 5.69 Å². The standard InChI is InChI=1S/C6H6FNO2/c1-4-2-3-8-5(4)6(9)10-7/h2-3,8H,1H3. The van der Waals surface area contributed by atoms with Gasteiger partial charge in [-0.15, -0.1) is 0 Å². The molecule has 0 radical (unpaired) electrons. The van der Waals surface area contributed by atoms with Crippen LogP contribution in [0, 0.1) is 6.92 Å². The van der Waals surface area contributed by atoms with Crippen LogP contribution in [-0.2, 0) is 4.94 Å². The fraction of sp³-hybridized carbons (Fsp3) is 0.167. The molecule has 0 spiro atoms. The fourth-order valence-corrected chi connectivity index (χ4v) is 0.706. The molecule has 1 N–H and O–H groups in total. The van der Waals surface area contributed by atoms with Gasteiger partial charge in [-0.3, -0.25) is 0 Å². The van der Waals surface area contributed by atoms with E-state index in [9.17, 15) is 9.32 Å². The Morgan fingerprint density at radius 2 is 2.50 bits per heavy atom. The minimum atomic E-state index is -0.984. The Bertz CT molecular complexity index is 244. The maximum Gasteiger partial charge on any atom is 0.395 e. The molecule has 4 heteroatoms. The molecule has 0 fully saturated rings. The molecule has 0 atom stereocenters. The van der Waals surface area contributed by atoms with E-state index in [0.717, 1.165) is 0 Å². The number of aromatic amines is 1. The number of hydrogen-bond donors (Lipinski definition) is 1. The van der Waals surface area contributed by atoms with E-state index in [0.29, 0.717) is 5.56 Å². The summed E-state index contributed by atoms with van der Waals surface area (Å²) in [5.41, 5.74) is 0.824. The zero-order chi connectivity index (χ0) is 7.56. The van der Waals surface area contributed by atoms with Gasteiger partial charge in [-0.25, -0.2) is 9.74 Å². The molecule has 0 bridgehead atoms. The highest BCUT2D eigenvalue weighted by Gasteiger charge is 2.10. The molecule has 1 aromatic rings. The smallest absolute Gasteiger partial charge is 0.355 e. The van der Waals surface area contributed by atoms with Crippen LogP contribution in [0.25, 0.3) is 0 Å². The Labute approximate surface area is 56.7 Å². The number of halogens is 1. The lowest BCUT2D eigenvalue weighted by atomic mass is 10.3. The number of carbonyl (C=O) groups is 1. The van der Waals surface area contributed by atoms with Crippen molar-refractivity contribution >= 4 is 5.97 Å². The first kappa shape index (κ1) is 6.80. The summed E-state index contributed by atoms with van der Waals surface area (Å²) in [7, 11) is 0. The van der Waals surface area contributed by atoms with Crippen molar-refractivity contribution in [3.8, 4) is 0 Å². The number of rotatable bonds is 1. The van der Waals surface area contributed by atoms with Crippen molar-refractivity contribution in [2.75, 3.05) is 0 Å². The lowest BCUT2D eigenvalue weighted by Gasteiger charge is -1.90. The van der Waals surface area contributed by atoms with E-state index in [1.807, 2.05) is 0 Å². The monoisotopic (exact) mass is 143 g/mol. The van der Waals surface area contributed by atoms with E-state index < -0.39 is 5.97 Å². The van der Waals surface area contributed by atoms with Crippen molar-refractivity contribution in [3.63, 3.8) is 0 Å². The highest BCUT2D eigenvalue weighted by molar-refractivity contribution is 5.88. The van der Waals surface area contributed by atoms with Crippen LogP contribution in [0.2, 0.25) is 0 Å². The lowest BCUT2D eigenvalue weighted by molar-refractivity contribution is -0.0793. The largest absolute Gasteiger partial charge is 0.395 e. The van der Waals surface area contributed by atoms with E-state index in [2.05, 4.69) is 9.93 Å². The van der Waals surface area contributed by atoms with Gasteiger partial charge in [-0.05, 0) is 18.6 Å². The predicted octanol–water partition coefficient (Wildman–Crippen LogP) is 1.36. The third-order valence-corrected chi connectivity index (χ3v) is 1.23. The summed E-state index contributed by atoms with van der Waals surface area (Å²) in [5, 5.41) is 0. The molecule has 10 heavy (non-hydrogen) atoms. The molecule has 1 heterocycles. The van der Waals surface area contributed by atoms with Crippen molar-refractivity contribution in [2.24, 2.45) is 0 Å². The molecule has 0 unspecified atom stereocenters. The number of aryl methyl sites for hydroxylation is 1. The second-order valence-electron chi connectivity index (χ2n) is 1.90. The van der Waals surface area contributed by atoms with Gasteiger partial charge in [0.25, 0.3) is 0 Å². The van der Waals surface area contributed by atoms with Gasteiger partial charge in [0.05, 0.1) is 0 Å². The molecule has 0 aliphatic rings. The van der Waals surface area contributed by atoms with E-state index in [4.69, 9.17) is 0 Å². The average Bonchev–Trinajstić information content (AvgIpc) is 2.34. The molecular formula is C6H6FNO2. The molecule has 0 saturated carbocycles. The average molecular weight is 143 g/mol. The molecule has 0 aliphatic carbocycles. The van der Waals surface area contributed by atoms with E-state index in [1.165, 1.54) is 0 Å². The molecule has 0 aromatic carbocycles. The second kappa shape index (κ2) is 2.51. The Morgan fingerprint density at radius 1 is 1.80 bits per heavy atom. The number of nitrogens with one attached hydrogen (secondary N) is 1. The zero-order valence-electron chi connectivity index (χ0n) is 5.35. The summed E-state index contributed by atoms with van der Waals surface area (Å²) >= 11 is 0. The molecule has 0 saturated heterocycles. The summed E-state index contributed by atoms with van der Waals surface area (Å²) in [6.45, 7) is 1.68. The second-order valence-corrected chi connectivity index (χ2v) is 1.90. The van der Waals surface area contributed by atoms with Gasteiger partial charge in [-0.1, -0.05) is 0 Å². The SMILES string of the molecule is Cc1cc[nH]c1C(=O)OF. The first-order chi connectivity index (χ1) is 4.75.